The zero-order valence-corrected chi connectivity index (χ0v) is 11.2. The first kappa shape index (κ1) is 12.9. The number of benzene rings is 1. The quantitative estimate of drug-likeness (QED) is 0.831. The lowest BCUT2D eigenvalue weighted by Gasteiger charge is -2.19. The predicted octanol–water partition coefficient (Wildman–Crippen LogP) is 4.59. The molecule has 1 aromatic carbocycles. The molecule has 1 aliphatic carbocycles. The molecule has 0 saturated heterocycles. The first-order chi connectivity index (χ1) is 8.20. The van der Waals surface area contributed by atoms with E-state index in [1.807, 2.05) is 24.3 Å². The predicted molar refractivity (Wildman–Crippen MR) is 72.2 cm³/mol. The first-order valence-electron chi connectivity index (χ1n) is 6.64. The minimum atomic E-state index is -0.337. The molecule has 0 aliphatic heterocycles. The maximum absolute atomic E-state index is 10.4. The van der Waals surface area contributed by atoms with Gasteiger partial charge >= 0.3 is 0 Å². The summed E-state index contributed by atoms with van der Waals surface area (Å²) in [4.78, 5) is 0. The average Bonchev–Trinajstić information content (AvgIpc) is 2.77. The molecule has 0 unspecified atom stereocenters. The minimum Gasteiger partial charge on any atom is -0.388 e. The molecule has 0 bridgehead atoms. The zero-order chi connectivity index (χ0) is 12.3. The van der Waals surface area contributed by atoms with Crippen molar-refractivity contribution in [3.63, 3.8) is 0 Å². The molecule has 0 amide bonds. The molecular formula is C15H21ClO. The molecule has 17 heavy (non-hydrogen) atoms. The lowest BCUT2D eigenvalue weighted by molar-refractivity contribution is 0.109. The van der Waals surface area contributed by atoms with Gasteiger partial charge < -0.3 is 5.11 Å². The Kier molecular flexibility index (Phi) is 4.47. The summed E-state index contributed by atoms with van der Waals surface area (Å²) in [5, 5.41) is 11.1. The highest BCUT2D eigenvalue weighted by atomic mass is 35.5. The van der Waals surface area contributed by atoms with E-state index in [4.69, 9.17) is 11.6 Å². The molecule has 3 atom stereocenters. The van der Waals surface area contributed by atoms with Gasteiger partial charge in [0.25, 0.3) is 0 Å². The molecule has 0 radical (unpaired) electrons. The van der Waals surface area contributed by atoms with Crippen molar-refractivity contribution in [2.24, 2.45) is 11.8 Å². The summed E-state index contributed by atoms with van der Waals surface area (Å²) in [6.45, 7) is 2.24. The molecule has 1 aromatic rings. The van der Waals surface area contributed by atoms with Gasteiger partial charge in [0.05, 0.1) is 6.10 Å². The SMILES string of the molecule is CCC[C@@H]1CC[C@H]([C@H](O)c2cccc(Cl)c2)C1. The summed E-state index contributed by atoms with van der Waals surface area (Å²) >= 11 is 5.96. The standard InChI is InChI=1S/C15H21ClO/c1-2-4-11-7-8-13(9-11)15(17)12-5-3-6-14(16)10-12/h3,5-6,10-11,13,15,17H,2,4,7-9H2,1H3/t11-,13+,15-/m1/s1. The van der Waals surface area contributed by atoms with Gasteiger partial charge in [-0.05, 0) is 42.4 Å². The normalized spacial score (nSPS) is 26.1. The van der Waals surface area contributed by atoms with Gasteiger partial charge in [-0.1, -0.05) is 49.9 Å². The van der Waals surface area contributed by atoms with E-state index in [-0.39, 0.29) is 6.10 Å². The third-order valence-electron chi connectivity index (χ3n) is 3.92. The van der Waals surface area contributed by atoms with Gasteiger partial charge in [0, 0.05) is 5.02 Å². The van der Waals surface area contributed by atoms with Crippen molar-refractivity contribution in [3.8, 4) is 0 Å². The van der Waals surface area contributed by atoms with Crippen LogP contribution in [-0.4, -0.2) is 5.11 Å². The van der Waals surface area contributed by atoms with Gasteiger partial charge in [0.15, 0.2) is 0 Å². The van der Waals surface area contributed by atoms with Gasteiger partial charge in [-0.3, -0.25) is 0 Å². The third kappa shape index (κ3) is 3.23. The molecular weight excluding hydrogens is 232 g/mol. The Morgan fingerprint density at radius 1 is 1.41 bits per heavy atom. The molecule has 1 saturated carbocycles. The summed E-state index contributed by atoms with van der Waals surface area (Å²) in [6, 6.07) is 7.63. The molecule has 1 N–H and O–H groups in total. The summed E-state index contributed by atoms with van der Waals surface area (Å²) in [7, 11) is 0. The van der Waals surface area contributed by atoms with Gasteiger partial charge in [0.1, 0.15) is 0 Å². The number of hydrogen-bond donors (Lipinski definition) is 1. The summed E-state index contributed by atoms with van der Waals surface area (Å²) < 4.78 is 0. The fourth-order valence-electron chi connectivity index (χ4n) is 3.03. The van der Waals surface area contributed by atoms with Crippen LogP contribution in [0.15, 0.2) is 24.3 Å². The Morgan fingerprint density at radius 2 is 2.24 bits per heavy atom. The number of aliphatic hydroxyl groups is 1. The Balaban J connectivity index is 1.99. The average molecular weight is 253 g/mol. The maximum Gasteiger partial charge on any atom is 0.0818 e. The van der Waals surface area contributed by atoms with E-state index in [1.165, 1.54) is 25.7 Å². The Bertz CT molecular complexity index is 364. The largest absolute Gasteiger partial charge is 0.388 e. The molecule has 1 fully saturated rings. The van der Waals surface area contributed by atoms with Crippen molar-refractivity contribution >= 4 is 11.6 Å². The van der Waals surface area contributed by atoms with Crippen LogP contribution in [0.25, 0.3) is 0 Å². The topological polar surface area (TPSA) is 20.2 Å². The van der Waals surface area contributed by atoms with Crippen LogP contribution in [0.1, 0.15) is 50.7 Å². The number of aliphatic hydroxyl groups excluding tert-OH is 1. The van der Waals surface area contributed by atoms with Crippen LogP contribution in [-0.2, 0) is 0 Å². The minimum absolute atomic E-state index is 0.337. The molecule has 0 heterocycles. The van der Waals surface area contributed by atoms with Crippen molar-refractivity contribution < 1.29 is 5.11 Å². The fraction of sp³-hybridized carbons (Fsp3) is 0.600. The van der Waals surface area contributed by atoms with Crippen LogP contribution in [0.5, 0.6) is 0 Å². The van der Waals surface area contributed by atoms with Gasteiger partial charge in [-0.2, -0.15) is 0 Å². The second kappa shape index (κ2) is 5.88. The van der Waals surface area contributed by atoms with E-state index in [0.717, 1.165) is 17.9 Å². The van der Waals surface area contributed by atoms with E-state index >= 15 is 0 Å². The third-order valence-corrected chi connectivity index (χ3v) is 4.15. The summed E-state index contributed by atoms with van der Waals surface area (Å²) in [5.41, 5.74) is 0.972. The van der Waals surface area contributed by atoms with E-state index in [1.54, 1.807) is 0 Å². The number of halogens is 1. The second-order valence-corrected chi connectivity index (χ2v) is 5.66. The van der Waals surface area contributed by atoms with Crippen LogP contribution in [0, 0.1) is 11.8 Å². The van der Waals surface area contributed by atoms with E-state index < -0.39 is 0 Å². The van der Waals surface area contributed by atoms with Crippen LogP contribution < -0.4 is 0 Å². The van der Waals surface area contributed by atoms with Gasteiger partial charge in [0.2, 0.25) is 0 Å². The Labute approximate surface area is 109 Å². The summed E-state index contributed by atoms with van der Waals surface area (Å²) in [5.74, 6) is 1.24. The zero-order valence-electron chi connectivity index (χ0n) is 10.4. The van der Waals surface area contributed by atoms with E-state index in [2.05, 4.69) is 6.92 Å². The molecule has 0 spiro atoms. The van der Waals surface area contributed by atoms with Crippen LogP contribution >= 0.6 is 11.6 Å². The molecule has 1 nitrogen and oxygen atoms in total. The smallest absolute Gasteiger partial charge is 0.0818 e. The molecule has 1 aliphatic rings. The van der Waals surface area contributed by atoms with Crippen LogP contribution in [0.3, 0.4) is 0 Å². The highest BCUT2D eigenvalue weighted by Crippen LogP contribution is 2.41. The lowest BCUT2D eigenvalue weighted by Crippen LogP contribution is -2.09. The van der Waals surface area contributed by atoms with Gasteiger partial charge in [-0.25, -0.2) is 0 Å². The monoisotopic (exact) mass is 252 g/mol. The first-order valence-corrected chi connectivity index (χ1v) is 7.02. The molecule has 2 rings (SSSR count). The van der Waals surface area contributed by atoms with Crippen molar-refractivity contribution in [1.29, 1.82) is 0 Å². The highest BCUT2D eigenvalue weighted by Gasteiger charge is 2.30. The van der Waals surface area contributed by atoms with Crippen molar-refractivity contribution in [3.05, 3.63) is 34.9 Å². The number of rotatable bonds is 4. The Hall–Kier alpha value is -0.530. The van der Waals surface area contributed by atoms with Gasteiger partial charge in [-0.15, -0.1) is 0 Å². The fourth-order valence-corrected chi connectivity index (χ4v) is 3.23. The lowest BCUT2D eigenvalue weighted by atomic mass is 9.92. The maximum atomic E-state index is 10.4. The second-order valence-electron chi connectivity index (χ2n) is 5.23. The van der Waals surface area contributed by atoms with Crippen molar-refractivity contribution in [1.82, 2.24) is 0 Å². The Morgan fingerprint density at radius 3 is 2.94 bits per heavy atom. The number of hydrogen-bond acceptors (Lipinski definition) is 1. The van der Waals surface area contributed by atoms with Crippen LogP contribution in [0.4, 0.5) is 0 Å². The van der Waals surface area contributed by atoms with Crippen LogP contribution in [0.2, 0.25) is 5.02 Å². The molecule has 0 aromatic heterocycles. The molecule has 94 valence electrons. The summed E-state index contributed by atoms with van der Waals surface area (Å²) in [6.07, 6.45) is 5.81. The van der Waals surface area contributed by atoms with Crippen molar-refractivity contribution in [2.75, 3.05) is 0 Å². The van der Waals surface area contributed by atoms with E-state index in [0.29, 0.717) is 10.9 Å². The van der Waals surface area contributed by atoms with Crippen molar-refractivity contribution in [2.45, 2.75) is 45.1 Å². The van der Waals surface area contributed by atoms with E-state index in [9.17, 15) is 5.11 Å². The molecule has 2 heteroatoms. The highest BCUT2D eigenvalue weighted by molar-refractivity contribution is 6.30.